The first-order valence-corrected chi connectivity index (χ1v) is 12.0. The number of nitro groups is 1. The van der Waals surface area contributed by atoms with Crippen molar-refractivity contribution < 1.29 is 33.5 Å². The molecule has 190 valence electrons. The number of rotatable bonds is 11. The summed E-state index contributed by atoms with van der Waals surface area (Å²) >= 11 is 0.748. The van der Waals surface area contributed by atoms with E-state index in [1.165, 1.54) is 12.1 Å². The molecule has 2 aromatic rings. The van der Waals surface area contributed by atoms with E-state index in [1.54, 1.807) is 36.4 Å². The number of imide groups is 1. The number of esters is 1. The molecule has 0 aliphatic carbocycles. The Morgan fingerprint density at radius 2 is 1.83 bits per heavy atom. The lowest BCUT2D eigenvalue weighted by Gasteiger charge is -2.13. The molecule has 11 heteroatoms. The van der Waals surface area contributed by atoms with Gasteiger partial charge in [-0.25, -0.2) is 0 Å². The largest absolute Gasteiger partial charge is 0.490 e. The molecule has 0 spiro atoms. The maximum absolute atomic E-state index is 12.7. The van der Waals surface area contributed by atoms with Crippen LogP contribution in [0.15, 0.2) is 47.4 Å². The average Bonchev–Trinajstić information content (AvgIpc) is 3.10. The maximum Gasteiger partial charge on any atom is 0.326 e. The molecule has 10 nitrogen and oxygen atoms in total. The van der Waals surface area contributed by atoms with Crippen LogP contribution < -0.4 is 9.47 Å². The smallest absolute Gasteiger partial charge is 0.326 e. The number of thioether (sulfide) groups is 1. The van der Waals surface area contributed by atoms with Crippen LogP contribution in [-0.2, 0) is 20.9 Å². The van der Waals surface area contributed by atoms with Gasteiger partial charge in [0, 0.05) is 12.1 Å². The molecule has 0 atom stereocenters. The molecule has 2 amide bonds. The molecular formula is C25H26N2O8S. The van der Waals surface area contributed by atoms with Gasteiger partial charge in [-0.2, -0.15) is 0 Å². The second kappa shape index (κ2) is 12.2. The normalized spacial score (nSPS) is 14.4. The molecule has 36 heavy (non-hydrogen) atoms. The van der Waals surface area contributed by atoms with E-state index in [9.17, 15) is 24.5 Å². The quantitative estimate of drug-likeness (QED) is 0.180. The third-order valence-electron chi connectivity index (χ3n) is 4.85. The molecule has 0 N–H and O–H groups in total. The second-order valence-electron chi connectivity index (χ2n) is 8.20. The monoisotopic (exact) mass is 514 g/mol. The highest BCUT2D eigenvalue weighted by Crippen LogP contribution is 2.35. The van der Waals surface area contributed by atoms with E-state index in [1.807, 2.05) is 20.8 Å². The summed E-state index contributed by atoms with van der Waals surface area (Å²) in [5.41, 5.74) is 1.34. The van der Waals surface area contributed by atoms with E-state index in [0.29, 0.717) is 23.7 Å². The van der Waals surface area contributed by atoms with E-state index in [4.69, 9.17) is 14.2 Å². The molecule has 3 rings (SSSR count). The predicted octanol–water partition coefficient (Wildman–Crippen LogP) is 4.81. The van der Waals surface area contributed by atoms with Crippen LogP contribution in [0.5, 0.6) is 11.5 Å². The van der Waals surface area contributed by atoms with Gasteiger partial charge in [-0.15, -0.1) is 0 Å². The van der Waals surface area contributed by atoms with Crippen molar-refractivity contribution in [2.75, 3.05) is 19.8 Å². The van der Waals surface area contributed by atoms with Gasteiger partial charge in [-0.05, 0) is 66.1 Å². The fraction of sp³-hybridized carbons (Fsp3) is 0.320. The lowest BCUT2D eigenvalue weighted by molar-refractivity contribution is -0.384. The van der Waals surface area contributed by atoms with Gasteiger partial charge in [0.1, 0.15) is 13.2 Å². The minimum atomic E-state index is -0.639. The number of carbonyl (C=O) groups excluding carboxylic acids is 3. The first-order chi connectivity index (χ1) is 17.2. The molecule has 0 unspecified atom stereocenters. The third kappa shape index (κ3) is 7.08. The fourth-order valence-electron chi connectivity index (χ4n) is 3.10. The number of nitrogens with zero attached hydrogens (tertiary/aromatic N) is 2. The van der Waals surface area contributed by atoms with Crippen molar-refractivity contribution >= 4 is 40.6 Å². The molecule has 0 bridgehead atoms. The van der Waals surface area contributed by atoms with Crippen molar-refractivity contribution in [3.8, 4) is 11.5 Å². The number of hydrogen-bond donors (Lipinski definition) is 0. The topological polar surface area (TPSA) is 125 Å². The van der Waals surface area contributed by atoms with Crippen molar-refractivity contribution in [3.63, 3.8) is 0 Å². The predicted molar refractivity (Wildman–Crippen MR) is 134 cm³/mol. The molecule has 0 saturated carbocycles. The molecule has 1 saturated heterocycles. The summed E-state index contributed by atoms with van der Waals surface area (Å²) in [7, 11) is 0. The second-order valence-corrected chi connectivity index (χ2v) is 9.19. The standard InChI is InChI=1S/C25H26N2O8S/c1-4-33-21-11-18(7-10-20(21)34-15-17-5-8-19(9-6-17)27(31)32)12-22-24(29)26(25(30)36-22)13-23(28)35-14-16(2)3/h5-12,16H,4,13-15H2,1-3H3/b22-12+. The highest BCUT2D eigenvalue weighted by atomic mass is 32.2. The Morgan fingerprint density at radius 1 is 1.11 bits per heavy atom. The number of non-ortho nitro benzene ring substituents is 1. The van der Waals surface area contributed by atoms with Crippen LogP contribution in [0.3, 0.4) is 0 Å². The van der Waals surface area contributed by atoms with Crippen LogP contribution in [0.25, 0.3) is 6.08 Å². The van der Waals surface area contributed by atoms with Crippen LogP contribution in [-0.4, -0.2) is 46.7 Å². The Morgan fingerprint density at radius 3 is 2.47 bits per heavy atom. The van der Waals surface area contributed by atoms with Crippen LogP contribution in [0.1, 0.15) is 31.9 Å². The number of ether oxygens (including phenoxy) is 3. The molecule has 1 heterocycles. The summed E-state index contributed by atoms with van der Waals surface area (Å²) in [5, 5.41) is 10.3. The summed E-state index contributed by atoms with van der Waals surface area (Å²) in [4.78, 5) is 48.4. The zero-order valence-electron chi connectivity index (χ0n) is 20.1. The summed E-state index contributed by atoms with van der Waals surface area (Å²) in [5.74, 6) is -0.175. The van der Waals surface area contributed by atoms with Gasteiger partial charge >= 0.3 is 5.97 Å². The average molecular weight is 515 g/mol. The molecule has 1 aliphatic rings. The lowest BCUT2D eigenvalue weighted by atomic mass is 10.1. The van der Waals surface area contributed by atoms with Crippen LogP contribution >= 0.6 is 11.8 Å². The van der Waals surface area contributed by atoms with E-state index in [2.05, 4.69) is 0 Å². The summed E-state index contributed by atoms with van der Waals surface area (Å²) in [6.07, 6.45) is 1.55. The Labute approximate surface area is 212 Å². The van der Waals surface area contributed by atoms with E-state index >= 15 is 0 Å². The van der Waals surface area contributed by atoms with Crippen molar-refractivity contribution in [1.82, 2.24) is 4.90 Å². The number of amides is 2. The zero-order valence-corrected chi connectivity index (χ0v) is 20.9. The molecular weight excluding hydrogens is 488 g/mol. The Hall–Kier alpha value is -3.86. The highest BCUT2D eigenvalue weighted by Gasteiger charge is 2.36. The summed E-state index contributed by atoms with van der Waals surface area (Å²) in [6, 6.07) is 11.1. The zero-order chi connectivity index (χ0) is 26.2. The Balaban J connectivity index is 1.70. The van der Waals surface area contributed by atoms with Gasteiger partial charge in [0.15, 0.2) is 11.5 Å². The third-order valence-corrected chi connectivity index (χ3v) is 5.75. The van der Waals surface area contributed by atoms with Crippen LogP contribution in [0.2, 0.25) is 0 Å². The Bertz CT molecular complexity index is 1180. The SMILES string of the molecule is CCOc1cc(/C=C2/SC(=O)N(CC(=O)OCC(C)C)C2=O)ccc1OCc1ccc([N+](=O)[O-])cc1. The molecule has 2 aromatic carbocycles. The number of nitro benzene ring substituents is 1. The minimum absolute atomic E-state index is 0.00466. The van der Waals surface area contributed by atoms with E-state index in [0.717, 1.165) is 22.2 Å². The van der Waals surface area contributed by atoms with Gasteiger partial charge in [0.2, 0.25) is 0 Å². The first kappa shape index (κ1) is 26.7. The van der Waals surface area contributed by atoms with Gasteiger partial charge in [-0.1, -0.05) is 19.9 Å². The van der Waals surface area contributed by atoms with Crippen LogP contribution in [0.4, 0.5) is 10.5 Å². The number of carbonyl (C=O) groups is 3. The van der Waals surface area contributed by atoms with E-state index in [-0.39, 0.29) is 29.7 Å². The maximum atomic E-state index is 12.7. The fourth-order valence-corrected chi connectivity index (χ4v) is 3.94. The van der Waals surface area contributed by atoms with Crippen molar-refractivity contribution in [1.29, 1.82) is 0 Å². The number of benzene rings is 2. The molecule has 0 aromatic heterocycles. The van der Waals surface area contributed by atoms with Gasteiger partial charge in [0.05, 0.1) is 23.0 Å². The Kier molecular flexibility index (Phi) is 9.07. The van der Waals surface area contributed by atoms with Crippen LogP contribution in [0, 0.1) is 16.0 Å². The van der Waals surface area contributed by atoms with Crippen molar-refractivity contribution in [3.05, 3.63) is 68.6 Å². The van der Waals surface area contributed by atoms with Gasteiger partial charge in [-0.3, -0.25) is 29.4 Å². The summed E-state index contributed by atoms with van der Waals surface area (Å²) < 4.78 is 16.6. The minimum Gasteiger partial charge on any atom is -0.490 e. The first-order valence-electron chi connectivity index (χ1n) is 11.2. The summed E-state index contributed by atoms with van der Waals surface area (Å²) in [6.45, 7) is 5.90. The van der Waals surface area contributed by atoms with Gasteiger partial charge < -0.3 is 14.2 Å². The van der Waals surface area contributed by atoms with Crippen molar-refractivity contribution in [2.45, 2.75) is 27.4 Å². The lowest BCUT2D eigenvalue weighted by Crippen LogP contribution is -2.34. The van der Waals surface area contributed by atoms with E-state index < -0.39 is 28.6 Å². The molecule has 1 fully saturated rings. The molecule has 0 radical (unpaired) electrons. The number of hydrogen-bond acceptors (Lipinski definition) is 9. The molecule has 1 aliphatic heterocycles. The van der Waals surface area contributed by atoms with Crippen molar-refractivity contribution in [2.24, 2.45) is 5.92 Å². The van der Waals surface area contributed by atoms with Gasteiger partial charge in [0.25, 0.3) is 16.8 Å². The highest BCUT2D eigenvalue weighted by molar-refractivity contribution is 8.18.